The molecule has 0 spiro atoms. The zero-order valence-electron chi connectivity index (χ0n) is 18.4. The monoisotopic (exact) mass is 443 g/mol. The van der Waals surface area contributed by atoms with Crippen LogP contribution in [0.3, 0.4) is 0 Å². The summed E-state index contributed by atoms with van der Waals surface area (Å²) in [5, 5.41) is 0. The first-order chi connectivity index (χ1) is 15.8. The van der Waals surface area contributed by atoms with Crippen LogP contribution in [0.15, 0.2) is 99.6 Å². The van der Waals surface area contributed by atoms with E-state index < -0.39 is 0 Å². The highest BCUT2D eigenvalue weighted by atomic mass is 32.2. The summed E-state index contributed by atoms with van der Waals surface area (Å²) in [5.74, 6) is 4.40. The molecule has 0 aromatic heterocycles. The Labute approximate surface area is 194 Å². The second-order valence-corrected chi connectivity index (χ2v) is 11.8. The normalized spacial score (nSPS) is 28.2. The van der Waals surface area contributed by atoms with Crippen LogP contribution < -0.4 is 4.74 Å². The lowest BCUT2D eigenvalue weighted by Crippen LogP contribution is -2.49. The first-order valence-corrected chi connectivity index (χ1v) is 13.2. The highest BCUT2D eigenvalue weighted by molar-refractivity contribution is 7.97. The molecule has 0 atom stereocenters. The quantitative estimate of drug-likeness (QED) is 0.290. The van der Waals surface area contributed by atoms with E-state index in [1.54, 1.807) is 0 Å². The molecule has 0 saturated heterocycles. The van der Waals surface area contributed by atoms with Crippen LogP contribution in [0, 0.1) is 23.7 Å². The summed E-state index contributed by atoms with van der Waals surface area (Å²) < 4.78 is 12.4. The van der Waals surface area contributed by atoms with Gasteiger partial charge in [-0.3, -0.25) is 0 Å². The molecule has 4 fully saturated rings. The van der Waals surface area contributed by atoms with Gasteiger partial charge in [0.2, 0.25) is 0 Å². The fourth-order valence-corrected chi connectivity index (χ4v) is 8.60. The molecule has 0 unspecified atom stereocenters. The van der Waals surface area contributed by atoms with E-state index >= 15 is 0 Å². The molecule has 0 amide bonds. The molecule has 3 aromatic carbocycles. The first kappa shape index (κ1) is 20.4. The molecule has 4 bridgehead atoms. The third kappa shape index (κ3) is 4.09. The van der Waals surface area contributed by atoms with Crippen molar-refractivity contribution in [1.29, 1.82) is 0 Å². The maximum atomic E-state index is 6.32. The highest BCUT2D eigenvalue weighted by Crippen LogP contribution is 2.54. The van der Waals surface area contributed by atoms with Gasteiger partial charge in [-0.2, -0.15) is 0 Å². The van der Waals surface area contributed by atoms with Crippen LogP contribution >= 0.6 is 0 Å². The Hall–Kier alpha value is -2.23. The Bertz CT molecular complexity index is 951. The number of benzene rings is 3. The van der Waals surface area contributed by atoms with Crippen molar-refractivity contribution in [2.75, 3.05) is 6.79 Å². The fraction of sp³-hybridized carbons (Fsp3) is 0.379. The molecule has 4 aliphatic rings. The molecule has 0 heterocycles. The van der Waals surface area contributed by atoms with Crippen LogP contribution in [0.2, 0.25) is 0 Å². The Morgan fingerprint density at radius 3 is 1.62 bits per heavy atom. The lowest BCUT2D eigenvalue weighted by molar-refractivity contribution is -0.155. The Morgan fingerprint density at radius 1 is 0.594 bits per heavy atom. The molecule has 4 saturated carbocycles. The summed E-state index contributed by atoms with van der Waals surface area (Å²) in [6.45, 7) is 0.370. The van der Waals surface area contributed by atoms with Gasteiger partial charge in [0.25, 0.3) is 0 Å². The molecular weight excluding hydrogens is 412 g/mol. The van der Waals surface area contributed by atoms with E-state index in [-0.39, 0.29) is 10.9 Å². The molecule has 3 aromatic rings. The van der Waals surface area contributed by atoms with Crippen LogP contribution in [0.4, 0.5) is 0 Å². The largest absolute Gasteiger partial charge is 0.468 e. The van der Waals surface area contributed by atoms with Crippen molar-refractivity contribution in [2.45, 2.75) is 52.9 Å². The van der Waals surface area contributed by atoms with Crippen molar-refractivity contribution in [3.8, 4) is 5.75 Å². The van der Waals surface area contributed by atoms with Crippen molar-refractivity contribution in [1.82, 2.24) is 0 Å². The van der Waals surface area contributed by atoms with Gasteiger partial charge in [0.15, 0.2) is 21.5 Å². The summed E-state index contributed by atoms with van der Waals surface area (Å²) in [5.41, 5.74) is 0. The lowest BCUT2D eigenvalue weighted by atomic mass is 9.55. The average molecular weight is 444 g/mol. The predicted molar refractivity (Wildman–Crippen MR) is 129 cm³/mol. The topological polar surface area (TPSA) is 18.5 Å². The van der Waals surface area contributed by atoms with Crippen LogP contribution in [0.25, 0.3) is 0 Å². The SMILES string of the molecule is c1ccc([S+](c2ccccc2)c2ccc(OCOC3C4CC5CC(C4)CC3C5)cc2)cc1. The smallest absolute Gasteiger partial charge is 0.189 e. The minimum atomic E-state index is -0.122. The summed E-state index contributed by atoms with van der Waals surface area (Å²) in [4.78, 5) is 3.96. The molecular formula is C29H31O2S+. The highest BCUT2D eigenvalue weighted by Gasteiger charge is 2.48. The zero-order chi connectivity index (χ0) is 21.3. The number of rotatable bonds is 7. The van der Waals surface area contributed by atoms with Crippen LogP contribution in [-0.4, -0.2) is 12.9 Å². The molecule has 4 aliphatic carbocycles. The van der Waals surface area contributed by atoms with Gasteiger partial charge < -0.3 is 9.47 Å². The maximum absolute atomic E-state index is 6.32. The average Bonchev–Trinajstić information content (AvgIpc) is 2.83. The number of ether oxygens (including phenoxy) is 2. The number of hydrogen-bond acceptors (Lipinski definition) is 2. The summed E-state index contributed by atoms with van der Waals surface area (Å²) >= 11 is 0. The Morgan fingerprint density at radius 2 is 1.09 bits per heavy atom. The third-order valence-electron chi connectivity index (χ3n) is 7.64. The molecule has 164 valence electrons. The maximum Gasteiger partial charge on any atom is 0.189 e. The standard InChI is InChI=1S/C29H31O2S/c1-3-7-26(8-4-1)32(27-9-5-2-6-10-27)28-13-11-25(12-14-28)30-20-31-29-23-16-21-15-22(18-23)19-24(29)17-21/h1-14,21-24,29H,15-20H2/q+1. The van der Waals surface area contributed by atoms with Crippen LogP contribution in [0.5, 0.6) is 5.75 Å². The summed E-state index contributed by atoms with van der Waals surface area (Å²) in [6, 6.07) is 30.2. The Balaban J connectivity index is 1.13. The second-order valence-electron chi connectivity index (χ2n) is 9.73. The van der Waals surface area contributed by atoms with Gasteiger partial charge in [-0.25, -0.2) is 0 Å². The minimum Gasteiger partial charge on any atom is -0.468 e. The van der Waals surface area contributed by atoms with E-state index in [1.165, 1.54) is 46.8 Å². The molecule has 0 N–H and O–H groups in total. The van der Waals surface area contributed by atoms with E-state index in [1.807, 2.05) is 0 Å². The van der Waals surface area contributed by atoms with Gasteiger partial charge >= 0.3 is 0 Å². The van der Waals surface area contributed by atoms with Gasteiger partial charge in [0.05, 0.1) is 17.0 Å². The zero-order valence-corrected chi connectivity index (χ0v) is 19.3. The van der Waals surface area contributed by atoms with Crippen molar-refractivity contribution in [3.05, 3.63) is 84.9 Å². The molecule has 0 radical (unpaired) electrons. The first-order valence-electron chi connectivity index (χ1n) is 12.0. The van der Waals surface area contributed by atoms with Gasteiger partial charge in [0, 0.05) is 0 Å². The van der Waals surface area contributed by atoms with Crippen molar-refractivity contribution >= 4 is 10.9 Å². The lowest BCUT2D eigenvalue weighted by Gasteiger charge is -2.53. The molecule has 32 heavy (non-hydrogen) atoms. The second kappa shape index (κ2) is 8.96. The van der Waals surface area contributed by atoms with Crippen molar-refractivity contribution in [3.63, 3.8) is 0 Å². The van der Waals surface area contributed by atoms with Gasteiger partial charge in [0.1, 0.15) is 5.75 Å². The van der Waals surface area contributed by atoms with Gasteiger partial charge in [-0.15, -0.1) is 0 Å². The van der Waals surface area contributed by atoms with Crippen molar-refractivity contribution < 1.29 is 9.47 Å². The summed E-state index contributed by atoms with van der Waals surface area (Å²) in [7, 11) is -0.122. The predicted octanol–water partition coefficient (Wildman–Crippen LogP) is 6.96. The molecule has 3 heteroatoms. The number of hydrogen-bond donors (Lipinski definition) is 0. The van der Waals surface area contributed by atoms with Crippen molar-refractivity contribution in [2.24, 2.45) is 23.7 Å². The van der Waals surface area contributed by atoms with Gasteiger partial charge in [-0.1, -0.05) is 36.4 Å². The third-order valence-corrected chi connectivity index (χ3v) is 9.87. The summed E-state index contributed by atoms with van der Waals surface area (Å²) in [6.07, 6.45) is 7.43. The van der Waals surface area contributed by atoms with Gasteiger partial charge in [-0.05, 0) is 104 Å². The van der Waals surface area contributed by atoms with E-state index in [0.717, 1.165) is 29.4 Å². The van der Waals surface area contributed by atoms with Crippen LogP contribution in [-0.2, 0) is 15.6 Å². The Kier molecular flexibility index (Phi) is 5.70. The minimum absolute atomic E-state index is 0.122. The molecule has 0 aliphatic heterocycles. The van der Waals surface area contributed by atoms with Crippen LogP contribution in [0.1, 0.15) is 32.1 Å². The van der Waals surface area contributed by atoms with E-state index in [4.69, 9.17) is 9.47 Å². The fourth-order valence-electron chi connectivity index (χ4n) is 6.52. The molecule has 7 rings (SSSR count). The van der Waals surface area contributed by atoms with E-state index in [2.05, 4.69) is 84.9 Å². The van der Waals surface area contributed by atoms with E-state index in [9.17, 15) is 0 Å². The molecule has 2 nitrogen and oxygen atoms in total. The van der Waals surface area contributed by atoms with E-state index in [0.29, 0.717) is 12.9 Å².